The zero-order chi connectivity index (χ0) is 13.7. The molecule has 4 heteroatoms. The first-order valence-electron chi connectivity index (χ1n) is 5.97. The summed E-state index contributed by atoms with van der Waals surface area (Å²) in [5, 5.41) is 28.5. The minimum Gasteiger partial charge on any atom is -0.508 e. The summed E-state index contributed by atoms with van der Waals surface area (Å²) in [6.45, 7) is 0.266. The molecule has 0 atom stereocenters. The Hall–Kier alpha value is -2.04. The van der Waals surface area contributed by atoms with Gasteiger partial charge in [-0.1, -0.05) is 36.4 Å². The van der Waals surface area contributed by atoms with Crippen molar-refractivity contribution >= 4 is 0 Å². The fourth-order valence-corrected chi connectivity index (χ4v) is 1.79. The van der Waals surface area contributed by atoms with Crippen molar-refractivity contribution in [2.24, 2.45) is 0 Å². The number of benzene rings is 2. The standard InChI is InChI=1S/C15H16O4/c16-8-11-5-3-6-13(15(11)18)10-19-9-12-4-1-2-7-14(12)17/h1-7,16-18H,8-10H2. The van der Waals surface area contributed by atoms with E-state index in [0.29, 0.717) is 16.7 Å². The molecule has 0 saturated carbocycles. The Morgan fingerprint density at radius 3 is 2.16 bits per heavy atom. The van der Waals surface area contributed by atoms with Gasteiger partial charge in [0.1, 0.15) is 11.5 Å². The summed E-state index contributed by atoms with van der Waals surface area (Å²) < 4.78 is 5.47. The molecule has 19 heavy (non-hydrogen) atoms. The van der Waals surface area contributed by atoms with Crippen LogP contribution in [0.5, 0.6) is 11.5 Å². The number of rotatable bonds is 5. The van der Waals surface area contributed by atoms with Crippen molar-refractivity contribution in [1.82, 2.24) is 0 Å². The maximum atomic E-state index is 9.85. The molecule has 0 aliphatic rings. The third-order valence-electron chi connectivity index (χ3n) is 2.88. The molecule has 0 aliphatic carbocycles. The van der Waals surface area contributed by atoms with E-state index in [2.05, 4.69) is 0 Å². The van der Waals surface area contributed by atoms with Crippen molar-refractivity contribution in [2.75, 3.05) is 0 Å². The van der Waals surface area contributed by atoms with Crippen LogP contribution in [-0.2, 0) is 24.6 Å². The van der Waals surface area contributed by atoms with Crippen LogP contribution in [0.15, 0.2) is 42.5 Å². The van der Waals surface area contributed by atoms with Crippen molar-refractivity contribution in [3.05, 3.63) is 59.2 Å². The predicted molar refractivity (Wildman–Crippen MR) is 70.6 cm³/mol. The van der Waals surface area contributed by atoms with Crippen LogP contribution >= 0.6 is 0 Å². The first-order valence-corrected chi connectivity index (χ1v) is 5.97. The van der Waals surface area contributed by atoms with Crippen molar-refractivity contribution in [3.8, 4) is 11.5 Å². The molecule has 0 radical (unpaired) electrons. The molecule has 0 unspecified atom stereocenters. The van der Waals surface area contributed by atoms with Gasteiger partial charge in [0, 0.05) is 16.7 Å². The number of aliphatic hydroxyl groups is 1. The molecule has 0 heterocycles. The Bertz CT molecular complexity index is 552. The SMILES string of the molecule is OCc1cccc(COCc2ccccc2O)c1O. The number of aromatic hydroxyl groups is 2. The lowest BCUT2D eigenvalue weighted by atomic mass is 10.1. The molecule has 2 aromatic carbocycles. The molecule has 0 aromatic heterocycles. The molecule has 0 fully saturated rings. The molecule has 4 nitrogen and oxygen atoms in total. The number of hydrogen-bond donors (Lipinski definition) is 3. The lowest BCUT2D eigenvalue weighted by molar-refractivity contribution is 0.103. The van der Waals surface area contributed by atoms with Gasteiger partial charge in [0.05, 0.1) is 19.8 Å². The highest BCUT2D eigenvalue weighted by atomic mass is 16.5. The van der Waals surface area contributed by atoms with Gasteiger partial charge >= 0.3 is 0 Å². The van der Waals surface area contributed by atoms with Gasteiger partial charge in [0.25, 0.3) is 0 Å². The van der Waals surface area contributed by atoms with Crippen LogP contribution < -0.4 is 0 Å². The molecule has 2 aromatic rings. The van der Waals surface area contributed by atoms with Gasteiger partial charge in [-0.2, -0.15) is 0 Å². The number of aliphatic hydroxyl groups excluding tert-OH is 1. The Morgan fingerprint density at radius 1 is 0.789 bits per heavy atom. The molecule has 0 saturated heterocycles. The highest BCUT2D eigenvalue weighted by molar-refractivity contribution is 5.39. The molecular weight excluding hydrogens is 244 g/mol. The molecule has 0 aliphatic heterocycles. The van der Waals surface area contributed by atoms with Crippen molar-refractivity contribution < 1.29 is 20.1 Å². The molecule has 0 spiro atoms. The highest BCUT2D eigenvalue weighted by Crippen LogP contribution is 2.24. The van der Waals surface area contributed by atoms with E-state index in [1.165, 1.54) is 0 Å². The monoisotopic (exact) mass is 260 g/mol. The molecule has 0 amide bonds. The van der Waals surface area contributed by atoms with Crippen LogP contribution in [0.25, 0.3) is 0 Å². The normalized spacial score (nSPS) is 10.6. The largest absolute Gasteiger partial charge is 0.508 e. The summed E-state index contributed by atoms with van der Waals surface area (Å²) in [5.41, 5.74) is 1.78. The quantitative estimate of drug-likeness (QED) is 0.771. The van der Waals surface area contributed by atoms with Crippen molar-refractivity contribution in [2.45, 2.75) is 19.8 Å². The van der Waals surface area contributed by atoms with E-state index < -0.39 is 0 Å². The molecule has 100 valence electrons. The fraction of sp³-hybridized carbons (Fsp3) is 0.200. The van der Waals surface area contributed by atoms with Gasteiger partial charge in [-0.15, -0.1) is 0 Å². The van der Waals surface area contributed by atoms with Gasteiger partial charge < -0.3 is 20.1 Å². The van der Waals surface area contributed by atoms with Gasteiger partial charge in [0.2, 0.25) is 0 Å². The second-order valence-electron chi connectivity index (χ2n) is 4.20. The van der Waals surface area contributed by atoms with Gasteiger partial charge in [0.15, 0.2) is 0 Å². The summed E-state index contributed by atoms with van der Waals surface area (Å²) in [6.07, 6.45) is 0. The van der Waals surface area contributed by atoms with E-state index in [-0.39, 0.29) is 31.3 Å². The van der Waals surface area contributed by atoms with Gasteiger partial charge in [-0.25, -0.2) is 0 Å². The van der Waals surface area contributed by atoms with Gasteiger partial charge in [-0.3, -0.25) is 0 Å². The van der Waals surface area contributed by atoms with Gasteiger partial charge in [-0.05, 0) is 6.07 Å². The summed E-state index contributed by atoms with van der Waals surface area (Å²) in [7, 11) is 0. The van der Waals surface area contributed by atoms with Crippen LogP contribution in [-0.4, -0.2) is 15.3 Å². The summed E-state index contributed by atoms with van der Waals surface area (Å²) in [6, 6.07) is 12.1. The Labute approximate surface area is 111 Å². The van der Waals surface area contributed by atoms with Crippen LogP contribution in [0.2, 0.25) is 0 Å². The van der Waals surface area contributed by atoms with E-state index in [4.69, 9.17) is 9.84 Å². The number of phenolic OH excluding ortho intramolecular Hbond substituents is 1. The molecule has 3 N–H and O–H groups in total. The molecule has 0 bridgehead atoms. The predicted octanol–water partition coefficient (Wildman–Crippen LogP) is 2.31. The smallest absolute Gasteiger partial charge is 0.126 e. The third-order valence-corrected chi connectivity index (χ3v) is 2.88. The summed E-state index contributed by atoms with van der Waals surface area (Å²) in [4.78, 5) is 0. The van der Waals surface area contributed by atoms with Crippen LogP contribution in [0.1, 0.15) is 16.7 Å². The highest BCUT2D eigenvalue weighted by Gasteiger charge is 2.07. The van der Waals surface area contributed by atoms with E-state index in [1.54, 1.807) is 36.4 Å². The van der Waals surface area contributed by atoms with E-state index in [0.717, 1.165) is 0 Å². The minimum absolute atomic E-state index is 0.0577. The molecular formula is C15H16O4. The maximum Gasteiger partial charge on any atom is 0.126 e. The first kappa shape index (κ1) is 13.4. The number of para-hydroxylation sites is 2. The Kier molecular flexibility index (Phi) is 4.39. The average molecular weight is 260 g/mol. The molecule has 2 rings (SSSR count). The third kappa shape index (κ3) is 3.24. The van der Waals surface area contributed by atoms with E-state index in [9.17, 15) is 10.2 Å². The van der Waals surface area contributed by atoms with Crippen molar-refractivity contribution in [1.29, 1.82) is 0 Å². The number of phenols is 2. The zero-order valence-corrected chi connectivity index (χ0v) is 10.4. The topological polar surface area (TPSA) is 69.9 Å². The summed E-state index contributed by atoms with van der Waals surface area (Å²) in [5.74, 6) is 0.248. The summed E-state index contributed by atoms with van der Waals surface area (Å²) >= 11 is 0. The number of ether oxygens (including phenoxy) is 1. The maximum absolute atomic E-state index is 9.85. The Morgan fingerprint density at radius 2 is 1.42 bits per heavy atom. The van der Waals surface area contributed by atoms with Crippen LogP contribution in [0.4, 0.5) is 0 Å². The zero-order valence-electron chi connectivity index (χ0n) is 10.4. The first-order chi connectivity index (χ1) is 9.22. The van der Waals surface area contributed by atoms with E-state index in [1.807, 2.05) is 6.07 Å². The average Bonchev–Trinajstić information content (AvgIpc) is 2.43. The second kappa shape index (κ2) is 6.22. The van der Waals surface area contributed by atoms with Crippen molar-refractivity contribution in [3.63, 3.8) is 0 Å². The fourth-order valence-electron chi connectivity index (χ4n) is 1.79. The minimum atomic E-state index is -0.209. The lowest BCUT2D eigenvalue weighted by Gasteiger charge is -2.09. The van der Waals surface area contributed by atoms with E-state index >= 15 is 0 Å². The Balaban J connectivity index is 1.98. The van der Waals surface area contributed by atoms with Crippen LogP contribution in [0.3, 0.4) is 0 Å². The lowest BCUT2D eigenvalue weighted by Crippen LogP contribution is -1.96. The van der Waals surface area contributed by atoms with Crippen LogP contribution in [0, 0.1) is 0 Å². The second-order valence-corrected chi connectivity index (χ2v) is 4.20. The number of hydrogen-bond acceptors (Lipinski definition) is 4.